The number of alkyl halides is 3. The van der Waals surface area contributed by atoms with Crippen LogP contribution >= 0.6 is 0 Å². The molecule has 0 spiro atoms. The maximum Gasteiger partial charge on any atom is 0.494 e. The van der Waals surface area contributed by atoms with Gasteiger partial charge in [0.2, 0.25) is 0 Å². The second kappa shape index (κ2) is 4.73. The monoisotopic (exact) mass is 248 g/mol. The minimum absolute atomic E-state index is 0.480. The topological polar surface area (TPSA) is 72.6 Å². The van der Waals surface area contributed by atoms with Crippen LogP contribution in [-0.4, -0.2) is 18.5 Å². The van der Waals surface area contributed by atoms with E-state index in [1.165, 1.54) is 18.2 Å². The minimum Gasteiger partial charge on any atom is -0.359 e. The van der Waals surface area contributed by atoms with E-state index in [9.17, 15) is 22.8 Å². The molecule has 0 saturated heterocycles. The molecule has 17 heavy (non-hydrogen) atoms. The molecule has 0 unspecified atom stereocenters. The smallest absolute Gasteiger partial charge is 0.359 e. The zero-order valence-corrected chi connectivity index (χ0v) is 8.27. The molecule has 2 amide bonds. The van der Waals surface area contributed by atoms with Crippen molar-refractivity contribution in [1.82, 2.24) is 0 Å². The molecule has 0 aliphatic carbocycles. The molecule has 5 nitrogen and oxygen atoms in total. The van der Waals surface area contributed by atoms with E-state index >= 15 is 0 Å². The standard InChI is InChI=1S/C9H7F3N2O3/c10-9(11,12)14(8(16)17-7(13)15)6-4-2-1-3-5-6/h1-5H,(H2,13,15). The highest BCUT2D eigenvalue weighted by Crippen LogP contribution is 2.28. The van der Waals surface area contributed by atoms with Gasteiger partial charge in [0.25, 0.3) is 0 Å². The van der Waals surface area contributed by atoms with Gasteiger partial charge in [-0.25, -0.2) is 9.59 Å². The van der Waals surface area contributed by atoms with Crippen molar-refractivity contribution >= 4 is 17.9 Å². The van der Waals surface area contributed by atoms with Crippen LogP contribution < -0.4 is 10.6 Å². The quantitative estimate of drug-likeness (QED) is 0.611. The van der Waals surface area contributed by atoms with Gasteiger partial charge in [0.05, 0.1) is 5.69 Å². The molecule has 0 aliphatic heterocycles. The molecule has 0 aromatic heterocycles. The van der Waals surface area contributed by atoms with Gasteiger partial charge in [-0.3, -0.25) is 0 Å². The fourth-order valence-electron chi connectivity index (χ4n) is 1.06. The lowest BCUT2D eigenvalue weighted by atomic mass is 10.3. The molecule has 0 radical (unpaired) electrons. The molecular weight excluding hydrogens is 241 g/mol. The van der Waals surface area contributed by atoms with Gasteiger partial charge in [-0.1, -0.05) is 18.2 Å². The number of carbonyl (C=O) groups excluding carboxylic acids is 2. The van der Waals surface area contributed by atoms with Gasteiger partial charge in [0, 0.05) is 0 Å². The fraction of sp³-hybridized carbons (Fsp3) is 0.111. The third-order valence-corrected chi connectivity index (χ3v) is 1.64. The molecule has 1 aromatic carbocycles. The summed E-state index contributed by atoms with van der Waals surface area (Å²) < 4.78 is 41.4. The van der Waals surface area contributed by atoms with Gasteiger partial charge in [-0.05, 0) is 12.1 Å². The highest BCUT2D eigenvalue weighted by atomic mass is 19.4. The maximum absolute atomic E-state index is 12.6. The van der Waals surface area contributed by atoms with Gasteiger partial charge >= 0.3 is 18.5 Å². The van der Waals surface area contributed by atoms with E-state index in [2.05, 4.69) is 10.5 Å². The summed E-state index contributed by atoms with van der Waals surface area (Å²) in [4.78, 5) is 20.7. The molecule has 0 atom stereocenters. The van der Waals surface area contributed by atoms with Crippen LogP contribution in [0.4, 0.5) is 28.4 Å². The molecule has 92 valence electrons. The summed E-state index contributed by atoms with van der Waals surface area (Å²) in [6.45, 7) is 0. The van der Waals surface area contributed by atoms with Crippen LogP contribution in [0.1, 0.15) is 0 Å². The van der Waals surface area contributed by atoms with Crippen molar-refractivity contribution in [3.05, 3.63) is 30.3 Å². The third-order valence-electron chi connectivity index (χ3n) is 1.64. The normalized spacial score (nSPS) is 10.8. The molecule has 8 heteroatoms. The molecule has 1 aromatic rings. The predicted octanol–water partition coefficient (Wildman–Crippen LogP) is 2.23. The van der Waals surface area contributed by atoms with Crippen molar-refractivity contribution in [3.8, 4) is 0 Å². The van der Waals surface area contributed by atoms with Crippen molar-refractivity contribution in [2.45, 2.75) is 6.30 Å². The van der Waals surface area contributed by atoms with Crippen LogP contribution in [0.3, 0.4) is 0 Å². The van der Waals surface area contributed by atoms with E-state index in [0.29, 0.717) is 0 Å². The Morgan fingerprint density at radius 2 is 1.71 bits per heavy atom. The summed E-state index contributed by atoms with van der Waals surface area (Å²) in [5, 5.41) is 0. The number of anilines is 1. The van der Waals surface area contributed by atoms with Gasteiger partial charge in [0.1, 0.15) is 0 Å². The van der Waals surface area contributed by atoms with Crippen molar-refractivity contribution in [1.29, 1.82) is 0 Å². The lowest BCUT2D eigenvalue weighted by molar-refractivity contribution is -0.123. The zero-order valence-electron chi connectivity index (χ0n) is 8.27. The van der Waals surface area contributed by atoms with Crippen LogP contribution in [0.25, 0.3) is 0 Å². The van der Waals surface area contributed by atoms with Gasteiger partial charge < -0.3 is 10.5 Å². The van der Waals surface area contributed by atoms with E-state index in [0.717, 1.165) is 12.1 Å². The van der Waals surface area contributed by atoms with E-state index in [4.69, 9.17) is 0 Å². The van der Waals surface area contributed by atoms with Crippen molar-refractivity contribution in [3.63, 3.8) is 0 Å². The average Bonchev–Trinajstić information content (AvgIpc) is 2.15. The van der Waals surface area contributed by atoms with Crippen LogP contribution in [0, 0.1) is 0 Å². The lowest BCUT2D eigenvalue weighted by Gasteiger charge is -2.23. The summed E-state index contributed by atoms with van der Waals surface area (Å²) in [6, 6.07) is 6.14. The van der Waals surface area contributed by atoms with Crippen LogP contribution in [0.15, 0.2) is 30.3 Å². The second-order valence-corrected chi connectivity index (χ2v) is 2.83. The number of para-hydroxylation sites is 1. The third kappa shape index (κ3) is 3.37. The number of nitrogens with zero attached hydrogens (tertiary/aromatic N) is 1. The molecule has 0 heterocycles. The second-order valence-electron chi connectivity index (χ2n) is 2.83. The first-order chi connectivity index (χ1) is 7.82. The number of primary amides is 1. The molecule has 1 rings (SSSR count). The van der Waals surface area contributed by atoms with Gasteiger partial charge in [0.15, 0.2) is 0 Å². The first-order valence-electron chi connectivity index (χ1n) is 4.25. The Bertz CT molecular complexity index is 419. The van der Waals surface area contributed by atoms with Crippen molar-refractivity contribution in [2.24, 2.45) is 5.73 Å². The minimum atomic E-state index is -5.02. The maximum atomic E-state index is 12.6. The number of nitrogens with two attached hydrogens (primary N) is 1. The Hall–Kier alpha value is -2.25. The SMILES string of the molecule is NC(=O)OC(=O)N(c1ccccc1)C(F)(F)F. The number of carbonyl (C=O) groups is 2. The van der Waals surface area contributed by atoms with Crippen LogP contribution in [-0.2, 0) is 4.74 Å². The highest BCUT2D eigenvalue weighted by molar-refractivity contribution is 5.94. The van der Waals surface area contributed by atoms with E-state index in [1.807, 2.05) is 0 Å². The number of ether oxygens (including phenoxy) is 1. The number of hydrogen-bond acceptors (Lipinski definition) is 3. The summed E-state index contributed by atoms with van der Waals surface area (Å²) in [7, 11) is 0. The Morgan fingerprint density at radius 1 is 1.18 bits per heavy atom. The number of halogens is 3. The largest absolute Gasteiger partial charge is 0.494 e. The first-order valence-corrected chi connectivity index (χ1v) is 4.25. The number of hydrogen-bond donors (Lipinski definition) is 1. The molecule has 0 bridgehead atoms. The molecule has 0 fully saturated rings. The fourth-order valence-corrected chi connectivity index (χ4v) is 1.06. The molecule has 0 aliphatic rings. The zero-order chi connectivity index (χ0) is 13.1. The Labute approximate surface area is 93.6 Å². The van der Waals surface area contributed by atoms with E-state index in [-0.39, 0.29) is 0 Å². The van der Waals surface area contributed by atoms with Gasteiger partial charge in [-0.2, -0.15) is 4.90 Å². The van der Waals surface area contributed by atoms with Crippen LogP contribution in [0.2, 0.25) is 0 Å². The van der Waals surface area contributed by atoms with Gasteiger partial charge in [-0.15, -0.1) is 13.2 Å². The highest BCUT2D eigenvalue weighted by Gasteiger charge is 2.44. The number of amides is 2. The predicted molar refractivity (Wildman–Crippen MR) is 51.0 cm³/mol. The lowest BCUT2D eigenvalue weighted by Crippen LogP contribution is -2.44. The first kappa shape index (κ1) is 12.8. The summed E-state index contributed by atoms with van der Waals surface area (Å²) in [5.74, 6) is 0. The average molecular weight is 248 g/mol. The van der Waals surface area contributed by atoms with Crippen molar-refractivity contribution < 1.29 is 27.5 Å². The number of benzene rings is 1. The van der Waals surface area contributed by atoms with E-state index < -0.39 is 29.1 Å². The van der Waals surface area contributed by atoms with Crippen LogP contribution in [0.5, 0.6) is 0 Å². The summed E-state index contributed by atoms with van der Waals surface area (Å²) in [5.41, 5.74) is 4.00. The van der Waals surface area contributed by atoms with Crippen molar-refractivity contribution in [2.75, 3.05) is 4.90 Å². The Morgan fingerprint density at radius 3 is 2.12 bits per heavy atom. The Kier molecular flexibility index (Phi) is 3.56. The molecule has 2 N–H and O–H groups in total. The number of rotatable bonds is 1. The summed E-state index contributed by atoms with van der Waals surface area (Å²) in [6.07, 6.45) is -8.54. The van der Waals surface area contributed by atoms with E-state index in [1.54, 1.807) is 0 Å². The summed E-state index contributed by atoms with van der Waals surface area (Å²) >= 11 is 0. The molecular formula is C9H7F3N2O3. The molecule has 0 saturated carbocycles. The Balaban J connectivity index is 3.06.